The minimum Gasteiger partial charge on any atom is -0.299 e. The molecule has 2 rings (SSSR count). The third-order valence-corrected chi connectivity index (χ3v) is 3.04. The number of carbonyl (C=O) groups excluding carboxylic acids is 1. The number of rotatable bonds is 4. The fourth-order valence-corrected chi connectivity index (χ4v) is 2.06. The molecular weight excluding hydrogens is 168 g/mol. The van der Waals surface area contributed by atoms with E-state index in [1.165, 1.54) is 17.7 Å². The van der Waals surface area contributed by atoms with E-state index in [1.54, 1.807) is 11.3 Å². The number of hydrogen-bond acceptors (Lipinski definition) is 2. The molecule has 1 aliphatic rings. The lowest BCUT2D eigenvalue weighted by Gasteiger charge is -1.95. The molecule has 0 N–H and O–H groups in total. The molecule has 0 bridgehead atoms. The molecule has 0 aromatic carbocycles. The Kier molecular flexibility index (Phi) is 2.26. The van der Waals surface area contributed by atoms with Crippen LogP contribution in [0.25, 0.3) is 0 Å². The molecule has 2 heteroatoms. The molecule has 0 radical (unpaired) electrons. The monoisotopic (exact) mass is 180 g/mol. The van der Waals surface area contributed by atoms with Crippen LogP contribution in [0.3, 0.4) is 0 Å². The van der Waals surface area contributed by atoms with Gasteiger partial charge in [0.15, 0.2) is 0 Å². The van der Waals surface area contributed by atoms with Crippen molar-refractivity contribution < 1.29 is 4.79 Å². The Morgan fingerprint density at radius 1 is 1.58 bits per heavy atom. The summed E-state index contributed by atoms with van der Waals surface area (Å²) in [4.78, 5) is 12.6. The van der Waals surface area contributed by atoms with Gasteiger partial charge in [-0.3, -0.25) is 4.79 Å². The number of ketones is 1. The van der Waals surface area contributed by atoms with Crippen LogP contribution >= 0.6 is 11.3 Å². The molecule has 1 saturated carbocycles. The Balaban J connectivity index is 1.82. The number of carbonyl (C=O) groups is 1. The zero-order chi connectivity index (χ0) is 8.39. The van der Waals surface area contributed by atoms with Crippen molar-refractivity contribution in [3.63, 3.8) is 0 Å². The third kappa shape index (κ3) is 2.18. The summed E-state index contributed by atoms with van der Waals surface area (Å²) in [7, 11) is 0. The summed E-state index contributed by atoms with van der Waals surface area (Å²) in [6.07, 6.45) is 4.03. The molecule has 0 spiro atoms. The Bertz CT molecular complexity index is 259. The van der Waals surface area contributed by atoms with Gasteiger partial charge in [-0.05, 0) is 30.2 Å². The fourth-order valence-electron chi connectivity index (χ4n) is 1.32. The molecule has 0 saturated heterocycles. The van der Waals surface area contributed by atoms with E-state index in [0.29, 0.717) is 12.2 Å². The van der Waals surface area contributed by atoms with E-state index < -0.39 is 0 Å². The van der Waals surface area contributed by atoms with E-state index in [4.69, 9.17) is 0 Å². The van der Waals surface area contributed by atoms with Gasteiger partial charge in [0.1, 0.15) is 5.78 Å². The predicted octanol–water partition coefficient (Wildman–Crippen LogP) is 2.66. The molecule has 12 heavy (non-hydrogen) atoms. The van der Waals surface area contributed by atoms with Gasteiger partial charge in [0.05, 0.1) is 0 Å². The van der Waals surface area contributed by atoms with Crippen molar-refractivity contribution in [2.45, 2.75) is 25.7 Å². The van der Waals surface area contributed by atoms with Crippen LogP contribution in [0.5, 0.6) is 0 Å². The second kappa shape index (κ2) is 3.40. The lowest BCUT2D eigenvalue weighted by Crippen LogP contribution is -2.01. The smallest absolute Gasteiger partial charge is 0.138 e. The molecule has 1 aromatic heterocycles. The first-order chi connectivity index (χ1) is 5.84. The summed E-state index contributed by atoms with van der Waals surface area (Å²) in [5, 5.41) is 2.03. The van der Waals surface area contributed by atoms with Crippen molar-refractivity contribution in [1.82, 2.24) is 0 Å². The van der Waals surface area contributed by atoms with E-state index >= 15 is 0 Å². The molecule has 1 aliphatic carbocycles. The Labute approximate surface area is 76.4 Å². The highest BCUT2D eigenvalue weighted by molar-refractivity contribution is 7.10. The lowest BCUT2D eigenvalue weighted by molar-refractivity contribution is -0.118. The van der Waals surface area contributed by atoms with Crippen LogP contribution in [-0.2, 0) is 11.2 Å². The Morgan fingerprint density at radius 2 is 2.42 bits per heavy atom. The largest absolute Gasteiger partial charge is 0.299 e. The van der Waals surface area contributed by atoms with Gasteiger partial charge >= 0.3 is 0 Å². The zero-order valence-electron chi connectivity index (χ0n) is 6.95. The second-order valence-electron chi connectivity index (χ2n) is 3.44. The highest BCUT2D eigenvalue weighted by Crippen LogP contribution is 2.32. The maximum absolute atomic E-state index is 11.4. The summed E-state index contributed by atoms with van der Waals surface area (Å²) >= 11 is 1.68. The Hall–Kier alpha value is -0.630. The van der Waals surface area contributed by atoms with Crippen molar-refractivity contribution in [2.24, 2.45) is 5.92 Å². The quantitative estimate of drug-likeness (QED) is 0.696. The molecule has 1 fully saturated rings. The van der Waals surface area contributed by atoms with Crippen molar-refractivity contribution in [1.29, 1.82) is 0 Å². The molecule has 0 unspecified atom stereocenters. The minimum absolute atomic E-state index is 0.417. The summed E-state index contributed by atoms with van der Waals surface area (Å²) in [6, 6.07) is 4.04. The molecule has 1 heterocycles. The van der Waals surface area contributed by atoms with Gasteiger partial charge in [0, 0.05) is 17.7 Å². The maximum atomic E-state index is 11.4. The number of hydrogen-bond donors (Lipinski definition) is 0. The van der Waals surface area contributed by atoms with Gasteiger partial charge in [-0.25, -0.2) is 0 Å². The van der Waals surface area contributed by atoms with Crippen LogP contribution < -0.4 is 0 Å². The van der Waals surface area contributed by atoms with E-state index in [2.05, 4.69) is 0 Å². The molecule has 0 atom stereocenters. The van der Waals surface area contributed by atoms with Crippen LogP contribution in [0, 0.1) is 5.92 Å². The number of thiophene rings is 1. The van der Waals surface area contributed by atoms with Gasteiger partial charge in [-0.1, -0.05) is 6.07 Å². The first kappa shape index (κ1) is 7.99. The SMILES string of the molecule is O=C(Cc1cccs1)CC1CC1. The van der Waals surface area contributed by atoms with E-state index in [-0.39, 0.29) is 0 Å². The van der Waals surface area contributed by atoms with Crippen LogP contribution in [0.15, 0.2) is 17.5 Å². The normalized spacial score (nSPS) is 16.3. The van der Waals surface area contributed by atoms with Crippen LogP contribution in [0.4, 0.5) is 0 Å². The van der Waals surface area contributed by atoms with Crippen molar-refractivity contribution in [3.05, 3.63) is 22.4 Å². The highest BCUT2D eigenvalue weighted by Gasteiger charge is 2.24. The van der Waals surface area contributed by atoms with Crippen molar-refractivity contribution in [3.8, 4) is 0 Å². The molecule has 64 valence electrons. The molecule has 1 aromatic rings. The summed E-state index contributed by atoms with van der Waals surface area (Å²) < 4.78 is 0. The maximum Gasteiger partial charge on any atom is 0.138 e. The highest BCUT2D eigenvalue weighted by atomic mass is 32.1. The first-order valence-electron chi connectivity index (χ1n) is 4.38. The van der Waals surface area contributed by atoms with E-state index in [1.807, 2.05) is 17.5 Å². The molecule has 0 amide bonds. The average Bonchev–Trinajstić information content (AvgIpc) is 2.66. The van der Waals surface area contributed by atoms with Gasteiger partial charge in [-0.15, -0.1) is 11.3 Å². The van der Waals surface area contributed by atoms with Crippen LogP contribution in [0.2, 0.25) is 0 Å². The summed E-state index contributed by atoms with van der Waals surface area (Å²) in [5.41, 5.74) is 0. The molecular formula is C10H12OS. The van der Waals surface area contributed by atoms with Gasteiger partial charge < -0.3 is 0 Å². The summed E-state index contributed by atoms with van der Waals surface area (Å²) in [5.74, 6) is 1.15. The molecule has 0 aliphatic heterocycles. The van der Waals surface area contributed by atoms with Crippen molar-refractivity contribution >= 4 is 17.1 Å². The second-order valence-corrected chi connectivity index (χ2v) is 4.47. The van der Waals surface area contributed by atoms with Crippen LogP contribution in [0.1, 0.15) is 24.1 Å². The first-order valence-corrected chi connectivity index (χ1v) is 5.26. The average molecular weight is 180 g/mol. The third-order valence-electron chi connectivity index (χ3n) is 2.16. The topological polar surface area (TPSA) is 17.1 Å². The van der Waals surface area contributed by atoms with E-state index in [9.17, 15) is 4.79 Å². The fraction of sp³-hybridized carbons (Fsp3) is 0.500. The zero-order valence-corrected chi connectivity index (χ0v) is 7.77. The van der Waals surface area contributed by atoms with Crippen LogP contribution in [-0.4, -0.2) is 5.78 Å². The Morgan fingerprint density at radius 3 is 3.00 bits per heavy atom. The van der Waals surface area contributed by atoms with E-state index in [0.717, 1.165) is 12.3 Å². The van der Waals surface area contributed by atoms with Gasteiger partial charge in [0.2, 0.25) is 0 Å². The standard InChI is InChI=1S/C10H12OS/c11-9(6-8-3-4-8)7-10-2-1-5-12-10/h1-2,5,8H,3-4,6-7H2. The lowest BCUT2D eigenvalue weighted by atomic mass is 10.1. The number of Topliss-reactive ketones (excluding diaryl/α,β-unsaturated/α-hetero) is 1. The minimum atomic E-state index is 0.417. The van der Waals surface area contributed by atoms with Crippen molar-refractivity contribution in [2.75, 3.05) is 0 Å². The molecule has 1 nitrogen and oxygen atoms in total. The summed E-state index contributed by atoms with van der Waals surface area (Å²) in [6.45, 7) is 0. The predicted molar refractivity (Wildman–Crippen MR) is 50.4 cm³/mol. The van der Waals surface area contributed by atoms with Gasteiger partial charge in [0.25, 0.3) is 0 Å². The van der Waals surface area contributed by atoms with Gasteiger partial charge in [-0.2, -0.15) is 0 Å².